The minimum absolute atomic E-state index is 0.249. The van der Waals surface area contributed by atoms with Crippen LogP contribution in [0.3, 0.4) is 0 Å². The summed E-state index contributed by atoms with van der Waals surface area (Å²) in [5.74, 6) is 2.64. The van der Waals surface area contributed by atoms with Crippen molar-refractivity contribution in [3.05, 3.63) is 77.0 Å². The Morgan fingerprint density at radius 3 is 2.34 bits per heavy atom. The van der Waals surface area contributed by atoms with Gasteiger partial charge in [-0.15, -0.1) is 0 Å². The number of ether oxygens (including phenoxy) is 1. The first-order chi connectivity index (χ1) is 19.4. The largest absolute Gasteiger partial charge is 0.455 e. The molecule has 41 heavy (non-hydrogen) atoms. The zero-order valence-electron chi connectivity index (χ0n) is 26.2. The van der Waals surface area contributed by atoms with Crippen LogP contribution in [0.5, 0.6) is 11.5 Å². The number of rotatable bonds is 2. The van der Waals surface area contributed by atoms with Crippen molar-refractivity contribution < 1.29 is 9.30 Å². The summed E-state index contributed by atoms with van der Waals surface area (Å²) in [5, 5.41) is 7.78. The van der Waals surface area contributed by atoms with E-state index in [0.717, 1.165) is 17.9 Å². The average Bonchev–Trinajstić information content (AvgIpc) is 2.91. The van der Waals surface area contributed by atoms with E-state index in [1.165, 1.54) is 91.5 Å². The molecule has 4 aromatic carbocycles. The zero-order chi connectivity index (χ0) is 28.8. The van der Waals surface area contributed by atoms with Crippen molar-refractivity contribution in [2.45, 2.75) is 86.5 Å². The summed E-state index contributed by atoms with van der Waals surface area (Å²) in [4.78, 5) is 0. The van der Waals surface area contributed by atoms with Crippen molar-refractivity contribution in [1.82, 2.24) is 0 Å². The van der Waals surface area contributed by atoms with Crippen LogP contribution in [0, 0.1) is 24.7 Å². The molecule has 0 unspecified atom stereocenters. The van der Waals surface area contributed by atoms with Crippen molar-refractivity contribution in [2.24, 2.45) is 17.9 Å². The van der Waals surface area contributed by atoms with Crippen LogP contribution in [-0.4, -0.2) is 0 Å². The van der Waals surface area contributed by atoms with E-state index in [1.807, 2.05) is 0 Å². The predicted molar refractivity (Wildman–Crippen MR) is 173 cm³/mol. The number of pyridine rings is 1. The van der Waals surface area contributed by atoms with Crippen molar-refractivity contribution in [3.8, 4) is 22.8 Å². The Hall–Kier alpha value is -3.39. The average molecular weight is 543 g/mol. The summed E-state index contributed by atoms with van der Waals surface area (Å²) in [6, 6.07) is 18.8. The third-order valence-corrected chi connectivity index (χ3v) is 10.1. The number of aromatic nitrogens is 1. The highest BCUT2D eigenvalue weighted by molar-refractivity contribution is 6.16. The molecule has 210 valence electrons. The minimum atomic E-state index is 0.249. The second kappa shape index (κ2) is 9.05. The first-order valence-electron chi connectivity index (χ1n) is 15.5. The molecular weight excluding hydrogens is 498 g/mol. The maximum Gasteiger partial charge on any atom is 0.228 e. The number of aryl methyl sites for hydroxylation is 3. The summed E-state index contributed by atoms with van der Waals surface area (Å²) >= 11 is 0. The van der Waals surface area contributed by atoms with E-state index in [1.54, 1.807) is 0 Å². The van der Waals surface area contributed by atoms with Gasteiger partial charge >= 0.3 is 0 Å². The van der Waals surface area contributed by atoms with Crippen molar-refractivity contribution >= 4 is 32.3 Å². The van der Waals surface area contributed by atoms with Crippen LogP contribution in [0.1, 0.15) is 88.5 Å². The molecule has 2 aliphatic rings. The van der Waals surface area contributed by atoms with E-state index in [9.17, 15) is 0 Å². The summed E-state index contributed by atoms with van der Waals surface area (Å²) < 4.78 is 9.21. The SMILES string of the molecule is Cc1c2c(c(C)c3cc(CC(C)(C)C)ccc13)-c1c3c(cc4ccc(C5CCC(C)(C)CC5)cc4c3cc[n+]1C)O2. The molecule has 2 heterocycles. The minimum Gasteiger partial charge on any atom is -0.455 e. The quantitative estimate of drug-likeness (QED) is 0.157. The third kappa shape index (κ3) is 4.33. The molecule has 2 heteroatoms. The van der Waals surface area contributed by atoms with Crippen molar-refractivity contribution in [2.75, 3.05) is 0 Å². The maximum absolute atomic E-state index is 6.90. The molecule has 0 amide bonds. The van der Waals surface area contributed by atoms with Gasteiger partial charge in [0, 0.05) is 17.0 Å². The topological polar surface area (TPSA) is 13.1 Å². The normalized spacial score (nSPS) is 16.8. The molecule has 2 nitrogen and oxygen atoms in total. The molecule has 1 aliphatic carbocycles. The lowest BCUT2D eigenvalue weighted by Crippen LogP contribution is -2.32. The Morgan fingerprint density at radius 2 is 1.61 bits per heavy atom. The number of hydrogen-bond donors (Lipinski definition) is 0. The van der Waals surface area contributed by atoms with Gasteiger partial charge in [0.05, 0.1) is 10.9 Å². The van der Waals surface area contributed by atoms with E-state index >= 15 is 0 Å². The Bertz CT molecular complexity index is 1870. The van der Waals surface area contributed by atoms with E-state index in [0.29, 0.717) is 11.3 Å². The summed E-state index contributed by atoms with van der Waals surface area (Å²) in [6.07, 6.45) is 8.50. The molecule has 0 radical (unpaired) electrons. The van der Waals surface area contributed by atoms with Gasteiger partial charge in [0.2, 0.25) is 5.69 Å². The highest BCUT2D eigenvalue weighted by Gasteiger charge is 2.33. The molecule has 0 N–H and O–H groups in total. The highest BCUT2D eigenvalue weighted by atomic mass is 16.5. The monoisotopic (exact) mass is 542 g/mol. The Balaban J connectivity index is 1.45. The lowest BCUT2D eigenvalue weighted by molar-refractivity contribution is -0.659. The van der Waals surface area contributed by atoms with Gasteiger partial charge in [-0.3, -0.25) is 0 Å². The standard InChI is InChI=1S/C39H44NO/c1-23-31-19-25(22-38(3,4)5)9-12-29(31)24(2)37-34(23)36-35-30(15-18-40(36)8)32-20-27(10-11-28(32)21-33(35)41-37)26-13-16-39(6,7)17-14-26/h9-12,15,18-21,26H,13-14,16-17,22H2,1-8H3/q+1. The van der Waals surface area contributed by atoms with E-state index in [-0.39, 0.29) is 5.41 Å². The zero-order valence-corrected chi connectivity index (χ0v) is 26.2. The molecular formula is C39H44NO+. The van der Waals surface area contributed by atoms with Gasteiger partial charge in [-0.1, -0.05) is 71.0 Å². The molecule has 1 fully saturated rings. The van der Waals surface area contributed by atoms with Gasteiger partial charge < -0.3 is 4.74 Å². The van der Waals surface area contributed by atoms with Gasteiger partial charge in [-0.05, 0) is 107 Å². The van der Waals surface area contributed by atoms with Gasteiger partial charge in [-0.25, -0.2) is 4.57 Å². The van der Waals surface area contributed by atoms with Crippen LogP contribution in [0.25, 0.3) is 43.6 Å². The Labute approximate surface area is 245 Å². The van der Waals surface area contributed by atoms with Crippen LogP contribution in [0.15, 0.2) is 54.7 Å². The highest BCUT2D eigenvalue weighted by Crippen LogP contribution is 2.52. The summed E-state index contributed by atoms with van der Waals surface area (Å²) in [6.45, 7) is 16.3. The lowest BCUT2D eigenvalue weighted by atomic mass is 9.71. The van der Waals surface area contributed by atoms with Crippen LogP contribution >= 0.6 is 0 Å². The van der Waals surface area contributed by atoms with Crippen LogP contribution in [0.2, 0.25) is 0 Å². The fraction of sp³-hybridized carbons (Fsp3) is 0.410. The molecule has 5 aromatic rings. The van der Waals surface area contributed by atoms with Crippen LogP contribution in [0.4, 0.5) is 0 Å². The van der Waals surface area contributed by atoms with Crippen LogP contribution in [-0.2, 0) is 13.5 Å². The van der Waals surface area contributed by atoms with Gasteiger partial charge in [-0.2, -0.15) is 0 Å². The second-order valence-corrected chi connectivity index (χ2v) is 15.0. The van der Waals surface area contributed by atoms with E-state index in [2.05, 4.69) is 115 Å². The first kappa shape index (κ1) is 26.5. The molecule has 1 aliphatic heterocycles. The number of nitrogens with zero attached hydrogens (tertiary/aromatic N) is 1. The molecule has 0 spiro atoms. The van der Waals surface area contributed by atoms with Crippen LogP contribution < -0.4 is 9.30 Å². The summed E-state index contributed by atoms with van der Waals surface area (Å²) in [5.41, 5.74) is 8.68. The van der Waals surface area contributed by atoms with Gasteiger partial charge in [0.15, 0.2) is 6.20 Å². The van der Waals surface area contributed by atoms with Crippen molar-refractivity contribution in [3.63, 3.8) is 0 Å². The molecule has 7 rings (SSSR count). The molecule has 1 saturated carbocycles. The Morgan fingerprint density at radius 1 is 0.854 bits per heavy atom. The van der Waals surface area contributed by atoms with Crippen molar-refractivity contribution in [1.29, 1.82) is 0 Å². The third-order valence-electron chi connectivity index (χ3n) is 10.1. The predicted octanol–water partition coefficient (Wildman–Crippen LogP) is 10.6. The lowest BCUT2D eigenvalue weighted by Gasteiger charge is -2.34. The maximum atomic E-state index is 6.90. The fourth-order valence-corrected chi connectivity index (χ4v) is 7.73. The number of benzene rings is 4. The number of hydrogen-bond acceptors (Lipinski definition) is 1. The molecule has 0 saturated heterocycles. The second-order valence-electron chi connectivity index (χ2n) is 15.0. The molecule has 0 atom stereocenters. The molecule has 0 bridgehead atoms. The summed E-state index contributed by atoms with van der Waals surface area (Å²) in [7, 11) is 2.19. The smallest absolute Gasteiger partial charge is 0.228 e. The Kier molecular flexibility index (Phi) is 5.85. The molecule has 1 aromatic heterocycles. The van der Waals surface area contributed by atoms with Gasteiger partial charge in [0.1, 0.15) is 18.5 Å². The number of fused-ring (bicyclic) bond motifs is 5. The van der Waals surface area contributed by atoms with E-state index in [4.69, 9.17) is 4.74 Å². The van der Waals surface area contributed by atoms with Gasteiger partial charge in [0.25, 0.3) is 0 Å². The van der Waals surface area contributed by atoms with E-state index < -0.39 is 0 Å². The fourth-order valence-electron chi connectivity index (χ4n) is 7.73. The first-order valence-corrected chi connectivity index (χ1v) is 15.5.